The first-order valence-electron chi connectivity index (χ1n) is 19.3. The van der Waals surface area contributed by atoms with Gasteiger partial charge in [0.15, 0.2) is 0 Å². The van der Waals surface area contributed by atoms with Crippen LogP contribution in [0.3, 0.4) is 0 Å². The molecule has 278 valence electrons. The van der Waals surface area contributed by atoms with E-state index in [0.29, 0.717) is 12.5 Å². The van der Waals surface area contributed by atoms with Crippen molar-refractivity contribution in [2.75, 3.05) is 34.3 Å². The first kappa shape index (κ1) is 34.6. The van der Waals surface area contributed by atoms with E-state index in [2.05, 4.69) is 61.6 Å². The summed E-state index contributed by atoms with van der Waals surface area (Å²) in [6.07, 6.45) is 8.53. The second kappa shape index (κ2) is 13.0. The summed E-state index contributed by atoms with van der Waals surface area (Å²) in [5.74, 6) is 0.766. The number of fused-ring (bicyclic) bond motifs is 9. The van der Waals surface area contributed by atoms with E-state index in [4.69, 9.17) is 4.74 Å². The lowest BCUT2D eigenvalue weighted by Gasteiger charge is -2.43. The zero-order valence-corrected chi connectivity index (χ0v) is 31.7. The molecule has 2 aliphatic carbocycles. The molecule has 3 aliphatic heterocycles. The Kier molecular flexibility index (Phi) is 8.47. The molecule has 3 aromatic carbocycles. The number of ether oxygens (including phenoxy) is 1. The maximum Gasteiger partial charge on any atom is 0.303 e. The molecular formula is C42H49N5O5S. The van der Waals surface area contributed by atoms with Crippen LogP contribution < -0.4 is 9.46 Å². The fraction of sp³-hybridized carbons (Fsp3) is 0.476. The summed E-state index contributed by atoms with van der Waals surface area (Å²) in [6, 6.07) is 22.9. The molecule has 0 radical (unpaired) electrons. The number of piperazine rings is 1. The lowest BCUT2D eigenvalue weighted by atomic mass is 9.81. The third-order valence-electron chi connectivity index (χ3n) is 13.0. The van der Waals surface area contributed by atoms with Crippen LogP contribution in [0.2, 0.25) is 0 Å². The Bertz CT molecular complexity index is 2200. The lowest BCUT2D eigenvalue weighted by Crippen LogP contribution is -2.57. The number of hydrogen-bond acceptors (Lipinski definition) is 6. The molecule has 1 N–H and O–H groups in total. The highest BCUT2D eigenvalue weighted by atomic mass is 32.2. The number of amides is 2. The van der Waals surface area contributed by atoms with Crippen molar-refractivity contribution in [3.63, 3.8) is 0 Å². The number of nitrogens with zero attached hydrogens (tertiary/aromatic N) is 4. The fourth-order valence-corrected chi connectivity index (χ4v) is 10.8. The highest BCUT2D eigenvalue weighted by Gasteiger charge is 2.65. The van der Waals surface area contributed by atoms with Crippen LogP contribution in [0.1, 0.15) is 90.3 Å². The number of carbonyl (C=O) groups excluding carboxylic acids is 2. The van der Waals surface area contributed by atoms with Gasteiger partial charge in [0.05, 0.1) is 18.2 Å². The molecule has 5 aliphatic rings. The second-order valence-corrected chi connectivity index (χ2v) is 18.2. The number of carbonyl (C=O) groups is 2. The van der Waals surface area contributed by atoms with E-state index >= 15 is 4.79 Å². The van der Waals surface area contributed by atoms with Crippen molar-refractivity contribution in [1.29, 1.82) is 0 Å². The molecule has 1 aromatic heterocycles. The van der Waals surface area contributed by atoms with E-state index in [0.717, 1.165) is 84.0 Å². The van der Waals surface area contributed by atoms with E-state index < -0.39 is 21.5 Å². The number of rotatable bonds is 8. The van der Waals surface area contributed by atoms with E-state index in [-0.39, 0.29) is 29.5 Å². The highest BCUT2D eigenvalue weighted by molar-refractivity contribution is 7.87. The van der Waals surface area contributed by atoms with Crippen LogP contribution >= 0.6 is 0 Å². The van der Waals surface area contributed by atoms with Crippen molar-refractivity contribution in [3.05, 3.63) is 89.0 Å². The normalized spacial score (nSPS) is 25.4. The monoisotopic (exact) mass is 735 g/mol. The second-order valence-electron chi connectivity index (χ2n) is 16.3. The molecule has 2 saturated heterocycles. The van der Waals surface area contributed by atoms with Crippen molar-refractivity contribution in [2.45, 2.75) is 88.4 Å². The van der Waals surface area contributed by atoms with Gasteiger partial charge >= 0.3 is 10.2 Å². The summed E-state index contributed by atoms with van der Waals surface area (Å²) in [5, 5.41) is 1.08. The number of benzene rings is 3. The zero-order valence-electron chi connectivity index (χ0n) is 30.9. The van der Waals surface area contributed by atoms with Crippen LogP contribution in [-0.2, 0) is 28.1 Å². The van der Waals surface area contributed by atoms with E-state index in [1.54, 1.807) is 13.2 Å². The fourth-order valence-electron chi connectivity index (χ4n) is 10.2. The summed E-state index contributed by atoms with van der Waals surface area (Å²) in [6.45, 7) is 3.16. The standard InChI is InChI=1S/C42H49N5O5S/c1-44(2)53(50,51)43-40(48)29-14-18-34-37(20-29)46-26-42(41(49)47-30-15-16-31(47)25-45(24-30)23-27-10-6-4-7-11-27)22-36(42)35-21-32(52-3)17-19-33(35)39(46)38(34)28-12-8-5-9-13-28/h4,6-7,10-11,14,17-21,28,30-31,36H,5,8-9,12-13,15-16,22-26H2,1-3H3,(H,43,48)/t30-,31-,36?,42?/m1/s1. The Balaban J connectivity index is 1.15. The van der Waals surface area contributed by atoms with E-state index in [1.165, 1.54) is 50.0 Å². The Morgan fingerprint density at radius 3 is 2.36 bits per heavy atom. The van der Waals surface area contributed by atoms with Crippen molar-refractivity contribution >= 4 is 32.9 Å². The predicted octanol–water partition coefficient (Wildman–Crippen LogP) is 6.26. The van der Waals surface area contributed by atoms with Gasteiger partial charge in [0, 0.05) is 80.3 Å². The van der Waals surface area contributed by atoms with Gasteiger partial charge in [-0.05, 0) is 85.0 Å². The Morgan fingerprint density at radius 1 is 0.925 bits per heavy atom. The van der Waals surface area contributed by atoms with Gasteiger partial charge in [0.1, 0.15) is 5.75 Å². The summed E-state index contributed by atoms with van der Waals surface area (Å²) < 4.78 is 36.7. The maximum atomic E-state index is 15.3. The Hall–Kier alpha value is -4.19. The van der Waals surface area contributed by atoms with Crippen molar-refractivity contribution in [1.82, 2.24) is 23.4 Å². The van der Waals surface area contributed by atoms with Gasteiger partial charge < -0.3 is 14.2 Å². The Labute approximate surface area is 312 Å². The third-order valence-corrected chi connectivity index (χ3v) is 14.4. The molecule has 2 amide bonds. The zero-order chi connectivity index (χ0) is 36.6. The van der Waals surface area contributed by atoms with E-state index in [9.17, 15) is 13.2 Å². The molecule has 2 unspecified atom stereocenters. The van der Waals surface area contributed by atoms with Gasteiger partial charge in [-0.1, -0.05) is 55.7 Å². The molecule has 2 bridgehead atoms. The SMILES string of the molecule is COc1ccc2c(c1)C1CC1(C(=O)N1[C@@H]3CC[C@@H]1CN(Cc1ccccc1)C3)Cn1c-2c(C2CCCCC2)c2ccc(C(=O)NS(=O)(=O)N(C)C)cc21. The van der Waals surface area contributed by atoms with E-state index in [1.807, 2.05) is 18.2 Å². The van der Waals surface area contributed by atoms with Crippen LogP contribution in [0.15, 0.2) is 66.7 Å². The summed E-state index contributed by atoms with van der Waals surface area (Å²) in [4.78, 5) is 33.6. The summed E-state index contributed by atoms with van der Waals surface area (Å²) >= 11 is 0. The molecule has 2 saturated carbocycles. The third kappa shape index (κ3) is 5.77. The van der Waals surface area contributed by atoms with Crippen molar-refractivity contribution < 1.29 is 22.7 Å². The average Bonchev–Trinajstić information content (AvgIpc) is 3.75. The molecule has 4 atom stereocenters. The van der Waals surface area contributed by atoms with Gasteiger partial charge in [0.25, 0.3) is 5.91 Å². The molecule has 4 aromatic rings. The van der Waals surface area contributed by atoms with Crippen LogP contribution in [-0.4, -0.2) is 85.3 Å². The molecule has 0 spiro atoms. The molecule has 11 heteroatoms. The minimum Gasteiger partial charge on any atom is -0.497 e. The van der Waals surface area contributed by atoms with Crippen LogP contribution in [0.25, 0.3) is 22.2 Å². The number of hydrogen-bond donors (Lipinski definition) is 1. The number of aromatic nitrogens is 1. The molecule has 10 nitrogen and oxygen atoms in total. The molecule has 4 heterocycles. The number of methoxy groups -OCH3 is 1. The number of nitrogens with one attached hydrogen (secondary N) is 1. The van der Waals surface area contributed by atoms with Gasteiger partial charge in [-0.2, -0.15) is 12.7 Å². The van der Waals surface area contributed by atoms with Crippen LogP contribution in [0.5, 0.6) is 5.75 Å². The average molecular weight is 736 g/mol. The van der Waals surface area contributed by atoms with Gasteiger partial charge in [-0.15, -0.1) is 0 Å². The van der Waals surface area contributed by atoms with Crippen LogP contribution in [0.4, 0.5) is 0 Å². The molecular weight excluding hydrogens is 687 g/mol. The topological polar surface area (TPSA) is 104 Å². The first-order valence-corrected chi connectivity index (χ1v) is 20.7. The smallest absolute Gasteiger partial charge is 0.303 e. The van der Waals surface area contributed by atoms with Gasteiger partial charge in [-0.25, -0.2) is 4.72 Å². The van der Waals surface area contributed by atoms with Gasteiger partial charge in [0.2, 0.25) is 5.91 Å². The lowest BCUT2D eigenvalue weighted by molar-refractivity contribution is -0.143. The van der Waals surface area contributed by atoms with Crippen molar-refractivity contribution in [3.8, 4) is 17.0 Å². The van der Waals surface area contributed by atoms with Crippen molar-refractivity contribution in [2.24, 2.45) is 5.41 Å². The highest BCUT2D eigenvalue weighted by Crippen LogP contribution is 2.66. The minimum absolute atomic E-state index is 0.0488. The molecule has 4 fully saturated rings. The first-order chi connectivity index (χ1) is 25.6. The largest absolute Gasteiger partial charge is 0.497 e. The summed E-state index contributed by atoms with van der Waals surface area (Å²) in [7, 11) is 0.508. The van der Waals surface area contributed by atoms with Gasteiger partial charge in [-0.3, -0.25) is 14.5 Å². The predicted molar refractivity (Wildman–Crippen MR) is 205 cm³/mol. The Morgan fingerprint density at radius 2 is 1.66 bits per heavy atom. The quantitative estimate of drug-likeness (QED) is 0.229. The molecule has 53 heavy (non-hydrogen) atoms. The molecule has 9 rings (SSSR count). The summed E-state index contributed by atoms with van der Waals surface area (Å²) in [5.41, 5.74) is 6.56. The number of likely N-dealkylation sites (tertiary alicyclic amines) is 1. The van der Waals surface area contributed by atoms with Crippen LogP contribution in [0, 0.1) is 5.41 Å². The maximum absolute atomic E-state index is 15.3. The minimum atomic E-state index is -3.98.